The Balaban J connectivity index is 1.88. The van der Waals surface area contributed by atoms with E-state index in [9.17, 15) is 4.79 Å². The van der Waals surface area contributed by atoms with E-state index in [1.54, 1.807) is 0 Å². The maximum Gasteiger partial charge on any atom is 0.225 e. The summed E-state index contributed by atoms with van der Waals surface area (Å²) >= 11 is 0. The molecule has 92 valence electrons. The average molecular weight is 225 g/mol. The van der Waals surface area contributed by atoms with Crippen LogP contribution in [0.2, 0.25) is 0 Å². The Morgan fingerprint density at radius 2 is 2.00 bits per heavy atom. The number of hydrogen-bond acceptors (Lipinski definition) is 3. The first-order valence-electron chi connectivity index (χ1n) is 6.39. The van der Waals surface area contributed by atoms with E-state index in [0.717, 1.165) is 51.9 Å². The molecule has 2 rings (SSSR count). The largest absolute Gasteiger partial charge is 0.341 e. The van der Waals surface area contributed by atoms with Crippen molar-refractivity contribution in [3.8, 4) is 0 Å². The van der Waals surface area contributed by atoms with Crippen LogP contribution in [0.25, 0.3) is 0 Å². The van der Waals surface area contributed by atoms with Crippen molar-refractivity contribution < 1.29 is 4.79 Å². The molecule has 1 saturated carbocycles. The van der Waals surface area contributed by atoms with Crippen molar-refractivity contribution in [1.29, 1.82) is 0 Å². The third-order valence-electron chi connectivity index (χ3n) is 3.85. The first kappa shape index (κ1) is 11.9. The van der Waals surface area contributed by atoms with Crippen LogP contribution in [0.3, 0.4) is 0 Å². The molecule has 0 spiro atoms. The van der Waals surface area contributed by atoms with Crippen LogP contribution in [-0.4, -0.2) is 55.0 Å². The van der Waals surface area contributed by atoms with Crippen LogP contribution in [0, 0.1) is 5.92 Å². The lowest BCUT2D eigenvalue weighted by Gasteiger charge is -2.23. The van der Waals surface area contributed by atoms with E-state index in [4.69, 9.17) is 5.73 Å². The van der Waals surface area contributed by atoms with Gasteiger partial charge >= 0.3 is 0 Å². The summed E-state index contributed by atoms with van der Waals surface area (Å²) in [4.78, 5) is 16.6. The molecule has 1 amide bonds. The van der Waals surface area contributed by atoms with Crippen molar-refractivity contribution in [2.24, 2.45) is 11.7 Å². The summed E-state index contributed by atoms with van der Waals surface area (Å²) in [5.41, 5.74) is 5.87. The Morgan fingerprint density at radius 3 is 2.69 bits per heavy atom. The number of amides is 1. The van der Waals surface area contributed by atoms with Gasteiger partial charge in [-0.25, -0.2) is 0 Å². The first-order valence-corrected chi connectivity index (χ1v) is 6.39. The van der Waals surface area contributed by atoms with E-state index >= 15 is 0 Å². The monoisotopic (exact) mass is 225 g/mol. The van der Waals surface area contributed by atoms with Gasteiger partial charge in [-0.1, -0.05) is 0 Å². The van der Waals surface area contributed by atoms with E-state index in [-0.39, 0.29) is 12.0 Å². The van der Waals surface area contributed by atoms with Crippen molar-refractivity contribution in [1.82, 2.24) is 9.80 Å². The SMILES string of the molecule is CN1CCCN(C(=O)C2CCC(N)C2)CC1. The molecule has 1 aliphatic carbocycles. The lowest BCUT2D eigenvalue weighted by Crippen LogP contribution is -2.38. The summed E-state index contributed by atoms with van der Waals surface area (Å²) < 4.78 is 0. The molecule has 16 heavy (non-hydrogen) atoms. The molecule has 4 heteroatoms. The second kappa shape index (κ2) is 5.15. The Bertz CT molecular complexity index is 257. The minimum Gasteiger partial charge on any atom is -0.341 e. The Kier molecular flexibility index (Phi) is 3.82. The molecule has 4 nitrogen and oxygen atoms in total. The molecular weight excluding hydrogens is 202 g/mol. The van der Waals surface area contributed by atoms with Gasteiger partial charge in [0, 0.05) is 31.6 Å². The van der Waals surface area contributed by atoms with Gasteiger partial charge in [-0.05, 0) is 39.3 Å². The zero-order chi connectivity index (χ0) is 11.5. The van der Waals surface area contributed by atoms with E-state index in [1.165, 1.54) is 0 Å². The van der Waals surface area contributed by atoms with Crippen LogP contribution in [0.5, 0.6) is 0 Å². The highest BCUT2D eigenvalue weighted by Crippen LogP contribution is 2.26. The quantitative estimate of drug-likeness (QED) is 0.697. The van der Waals surface area contributed by atoms with Gasteiger partial charge < -0.3 is 15.5 Å². The number of rotatable bonds is 1. The summed E-state index contributed by atoms with van der Waals surface area (Å²) in [7, 11) is 2.12. The van der Waals surface area contributed by atoms with Crippen molar-refractivity contribution in [3.05, 3.63) is 0 Å². The van der Waals surface area contributed by atoms with Crippen molar-refractivity contribution >= 4 is 5.91 Å². The van der Waals surface area contributed by atoms with Crippen molar-refractivity contribution in [2.45, 2.75) is 31.7 Å². The number of likely N-dealkylation sites (N-methyl/N-ethyl adjacent to an activating group) is 1. The van der Waals surface area contributed by atoms with Gasteiger partial charge in [0.25, 0.3) is 0 Å². The Morgan fingerprint density at radius 1 is 1.19 bits per heavy atom. The highest BCUT2D eigenvalue weighted by Gasteiger charge is 2.31. The molecule has 2 N–H and O–H groups in total. The Hall–Kier alpha value is -0.610. The summed E-state index contributed by atoms with van der Waals surface area (Å²) in [5, 5.41) is 0. The van der Waals surface area contributed by atoms with Crippen LogP contribution in [0.15, 0.2) is 0 Å². The fourth-order valence-corrected chi connectivity index (χ4v) is 2.77. The Labute approximate surface area is 97.8 Å². The van der Waals surface area contributed by atoms with E-state index in [0.29, 0.717) is 5.91 Å². The van der Waals surface area contributed by atoms with Gasteiger partial charge in [-0.2, -0.15) is 0 Å². The molecule has 2 atom stereocenters. The maximum atomic E-state index is 12.3. The molecular formula is C12H23N3O. The summed E-state index contributed by atoms with van der Waals surface area (Å²) in [5.74, 6) is 0.557. The minimum absolute atomic E-state index is 0.207. The van der Waals surface area contributed by atoms with Crippen LogP contribution >= 0.6 is 0 Å². The van der Waals surface area contributed by atoms with Gasteiger partial charge in [-0.15, -0.1) is 0 Å². The normalized spacial score (nSPS) is 32.8. The first-order chi connectivity index (χ1) is 7.66. The molecule has 2 unspecified atom stereocenters. The van der Waals surface area contributed by atoms with Crippen molar-refractivity contribution in [2.75, 3.05) is 33.2 Å². The van der Waals surface area contributed by atoms with E-state index in [2.05, 4.69) is 11.9 Å². The summed E-state index contributed by atoms with van der Waals surface area (Å²) in [6, 6.07) is 0.253. The predicted octanol–water partition coefficient (Wildman–Crippen LogP) is 0.278. The van der Waals surface area contributed by atoms with Crippen LogP contribution in [0.1, 0.15) is 25.7 Å². The second-order valence-electron chi connectivity index (χ2n) is 5.25. The van der Waals surface area contributed by atoms with Gasteiger partial charge in [0.1, 0.15) is 0 Å². The summed E-state index contributed by atoms with van der Waals surface area (Å²) in [6.07, 6.45) is 4.00. The van der Waals surface area contributed by atoms with E-state index in [1.807, 2.05) is 4.90 Å². The molecule has 0 bridgehead atoms. The smallest absolute Gasteiger partial charge is 0.225 e. The van der Waals surface area contributed by atoms with Crippen LogP contribution in [0.4, 0.5) is 0 Å². The molecule has 1 heterocycles. The van der Waals surface area contributed by atoms with Gasteiger partial charge in [0.2, 0.25) is 5.91 Å². The fourth-order valence-electron chi connectivity index (χ4n) is 2.77. The zero-order valence-corrected chi connectivity index (χ0v) is 10.2. The molecule has 0 aromatic rings. The third kappa shape index (κ3) is 2.74. The molecule has 2 aliphatic rings. The molecule has 2 fully saturated rings. The molecule has 0 radical (unpaired) electrons. The number of nitrogens with two attached hydrogens (primary N) is 1. The maximum absolute atomic E-state index is 12.3. The van der Waals surface area contributed by atoms with Gasteiger partial charge in [0.15, 0.2) is 0 Å². The highest BCUT2D eigenvalue weighted by molar-refractivity contribution is 5.79. The summed E-state index contributed by atoms with van der Waals surface area (Å²) in [6.45, 7) is 3.93. The number of nitrogens with zero attached hydrogens (tertiary/aromatic N) is 2. The molecule has 0 aromatic carbocycles. The fraction of sp³-hybridized carbons (Fsp3) is 0.917. The second-order valence-corrected chi connectivity index (χ2v) is 5.25. The van der Waals surface area contributed by atoms with Gasteiger partial charge in [0.05, 0.1) is 0 Å². The number of carbonyl (C=O) groups excluding carboxylic acids is 1. The van der Waals surface area contributed by atoms with Crippen LogP contribution in [-0.2, 0) is 4.79 Å². The van der Waals surface area contributed by atoms with Crippen LogP contribution < -0.4 is 5.73 Å². The topological polar surface area (TPSA) is 49.6 Å². The van der Waals surface area contributed by atoms with Gasteiger partial charge in [-0.3, -0.25) is 4.79 Å². The minimum atomic E-state index is 0.207. The number of hydrogen-bond donors (Lipinski definition) is 1. The lowest BCUT2D eigenvalue weighted by molar-refractivity contribution is -0.135. The molecule has 1 saturated heterocycles. The average Bonchev–Trinajstić information content (AvgIpc) is 2.57. The van der Waals surface area contributed by atoms with E-state index < -0.39 is 0 Å². The predicted molar refractivity (Wildman–Crippen MR) is 64.0 cm³/mol. The lowest BCUT2D eigenvalue weighted by atomic mass is 10.1. The molecule has 0 aromatic heterocycles. The third-order valence-corrected chi connectivity index (χ3v) is 3.85. The van der Waals surface area contributed by atoms with Crippen molar-refractivity contribution in [3.63, 3.8) is 0 Å². The number of carbonyl (C=O) groups is 1. The highest BCUT2D eigenvalue weighted by atomic mass is 16.2. The standard InChI is InChI=1S/C12H23N3O/c1-14-5-2-6-15(8-7-14)12(16)10-3-4-11(13)9-10/h10-11H,2-9,13H2,1H3. The molecule has 1 aliphatic heterocycles. The zero-order valence-electron chi connectivity index (χ0n) is 10.2.